The Morgan fingerprint density at radius 2 is 1.32 bits per heavy atom. The van der Waals surface area contributed by atoms with Crippen molar-refractivity contribution in [3.05, 3.63) is 29.6 Å². The second kappa shape index (κ2) is 15.4. The highest BCUT2D eigenvalue weighted by molar-refractivity contribution is 7.14. The van der Waals surface area contributed by atoms with Gasteiger partial charge in [0.1, 0.15) is 0 Å². The van der Waals surface area contributed by atoms with E-state index >= 15 is 0 Å². The molecule has 0 aliphatic carbocycles. The molecule has 14 heteroatoms. The number of carboxylic acid groups (broad SMARTS) is 2. The third-order valence-corrected chi connectivity index (χ3v) is 3.57. The van der Waals surface area contributed by atoms with Crippen molar-refractivity contribution in [2.24, 2.45) is 11.5 Å². The monoisotopic (exact) mass is 457 g/mol. The van der Waals surface area contributed by atoms with Crippen LogP contribution in [-0.4, -0.2) is 75.5 Å². The van der Waals surface area contributed by atoms with Crippen molar-refractivity contribution < 1.29 is 39.6 Å². The Morgan fingerprint density at radius 3 is 1.74 bits per heavy atom. The lowest BCUT2D eigenvalue weighted by Gasteiger charge is -2.03. The van der Waals surface area contributed by atoms with Gasteiger partial charge in [0.05, 0.1) is 18.9 Å². The first-order valence-electron chi connectivity index (χ1n) is 8.46. The molecule has 0 fully saturated rings. The maximum absolute atomic E-state index is 11.0. The highest BCUT2D eigenvalue weighted by Crippen LogP contribution is 2.26. The summed E-state index contributed by atoms with van der Waals surface area (Å²) in [7, 11) is 0. The first-order chi connectivity index (χ1) is 14.7. The van der Waals surface area contributed by atoms with Gasteiger partial charge in [-0.25, -0.2) is 14.6 Å². The highest BCUT2D eigenvalue weighted by atomic mass is 32.1. The van der Waals surface area contributed by atoms with E-state index in [1.54, 1.807) is 17.5 Å². The van der Waals surface area contributed by atoms with E-state index < -0.39 is 23.8 Å². The van der Waals surface area contributed by atoms with Crippen LogP contribution >= 0.6 is 11.3 Å². The Morgan fingerprint density at radius 1 is 0.871 bits per heavy atom. The van der Waals surface area contributed by atoms with Crippen molar-refractivity contribution in [2.45, 2.75) is 0 Å². The zero-order valence-corrected chi connectivity index (χ0v) is 17.0. The molecule has 1 aromatic heterocycles. The summed E-state index contributed by atoms with van der Waals surface area (Å²) in [6, 6.07) is 6.17. The molecule has 31 heavy (non-hydrogen) atoms. The average Bonchev–Trinajstić information content (AvgIpc) is 3.22. The highest BCUT2D eigenvalue weighted by Gasteiger charge is 2.14. The zero-order chi connectivity index (χ0) is 23.8. The molecular weight excluding hydrogens is 434 g/mol. The largest absolute Gasteiger partial charge is 0.474 e. The van der Waals surface area contributed by atoms with Crippen molar-refractivity contribution in [2.75, 3.05) is 36.9 Å². The lowest BCUT2D eigenvalue weighted by atomic mass is 10.1. The summed E-state index contributed by atoms with van der Waals surface area (Å²) in [5.74, 6) is -5.53. The molecule has 0 bridgehead atoms. The number of carboxylic acids is 2. The Balaban J connectivity index is 0.000000967. The van der Waals surface area contributed by atoms with Gasteiger partial charge >= 0.3 is 23.8 Å². The van der Waals surface area contributed by atoms with Crippen molar-refractivity contribution in [3.63, 3.8) is 0 Å². The summed E-state index contributed by atoms with van der Waals surface area (Å²) in [4.78, 5) is 47.0. The number of carbonyl (C=O) groups is 4. The molecule has 1 heterocycles. The number of thiazole rings is 1. The van der Waals surface area contributed by atoms with Crippen molar-refractivity contribution in [3.8, 4) is 11.3 Å². The number of hydrogen-bond acceptors (Lipinski definition) is 10. The topological polar surface area (TPSA) is 238 Å². The standard InChI is InChI=1S/C13H9N3O6S.2C2H7NO/c17-9(11(19)20)14-7-3-1-6(2-4-7)8-5-23-13(15-8)16-10(18)12(21)22;2*3-1-2-4/h1-5H,(H,14,17)(H,19,20)(H,21,22)(H,15,16,18);2*4H,1-3H2. The molecule has 170 valence electrons. The van der Waals surface area contributed by atoms with E-state index in [-0.39, 0.29) is 18.3 Å². The van der Waals surface area contributed by atoms with Gasteiger partial charge in [0.15, 0.2) is 5.13 Å². The normalized spacial score (nSPS) is 9.29. The van der Waals surface area contributed by atoms with E-state index in [2.05, 4.69) is 15.6 Å². The van der Waals surface area contributed by atoms with Gasteiger partial charge in [-0.05, 0) is 12.1 Å². The minimum atomic E-state index is -1.61. The lowest BCUT2D eigenvalue weighted by Crippen LogP contribution is -2.21. The average molecular weight is 457 g/mol. The van der Waals surface area contributed by atoms with E-state index in [1.165, 1.54) is 12.1 Å². The molecule has 2 rings (SSSR count). The third kappa shape index (κ3) is 11.4. The number of aliphatic hydroxyl groups excluding tert-OH is 2. The van der Waals surface area contributed by atoms with Crippen molar-refractivity contribution in [1.82, 2.24) is 4.98 Å². The van der Waals surface area contributed by atoms with E-state index in [0.29, 0.717) is 30.0 Å². The van der Waals surface area contributed by atoms with Gasteiger partial charge in [0.2, 0.25) is 0 Å². The molecule has 0 aliphatic heterocycles. The zero-order valence-electron chi connectivity index (χ0n) is 16.1. The number of nitrogens with two attached hydrogens (primary N) is 2. The Labute approximate surface area is 180 Å². The molecule has 0 spiro atoms. The van der Waals surface area contributed by atoms with Crippen LogP contribution in [0.3, 0.4) is 0 Å². The summed E-state index contributed by atoms with van der Waals surface area (Å²) in [5.41, 5.74) is 11.0. The molecule has 0 saturated carbocycles. The molecule has 0 atom stereocenters. The summed E-state index contributed by atoms with van der Waals surface area (Å²) in [6.45, 7) is 0.944. The van der Waals surface area contributed by atoms with E-state index in [4.69, 9.17) is 31.9 Å². The maximum atomic E-state index is 11.0. The SMILES string of the molecule is NCCO.NCCO.O=C(O)C(=O)Nc1ccc(-c2csc(NC(=O)C(=O)O)n2)cc1. The Bertz CT molecular complexity index is 848. The van der Waals surface area contributed by atoms with Crippen LogP contribution in [-0.2, 0) is 19.2 Å². The number of rotatable bonds is 5. The molecule has 2 aromatic rings. The van der Waals surface area contributed by atoms with Crippen molar-refractivity contribution in [1.29, 1.82) is 0 Å². The molecular formula is C17H23N5O8S. The fourth-order valence-electron chi connectivity index (χ4n) is 1.52. The van der Waals surface area contributed by atoms with Gasteiger partial charge in [0.25, 0.3) is 0 Å². The van der Waals surface area contributed by atoms with Crippen molar-refractivity contribution >= 4 is 45.9 Å². The van der Waals surface area contributed by atoms with Crippen LogP contribution < -0.4 is 22.1 Å². The summed E-state index contributed by atoms with van der Waals surface area (Å²) in [5, 5.41) is 38.6. The smallest absolute Gasteiger partial charge is 0.394 e. The first-order valence-corrected chi connectivity index (χ1v) is 9.34. The van der Waals surface area contributed by atoms with Crippen LogP contribution in [0, 0.1) is 0 Å². The number of aliphatic carboxylic acids is 2. The first kappa shape index (κ1) is 27.6. The number of amides is 2. The van der Waals surface area contributed by atoms with Gasteiger partial charge in [-0.2, -0.15) is 0 Å². The Kier molecular flexibility index (Phi) is 13.7. The number of anilines is 2. The molecule has 0 unspecified atom stereocenters. The maximum Gasteiger partial charge on any atom is 0.394 e. The van der Waals surface area contributed by atoms with Crippen LogP contribution in [0.2, 0.25) is 0 Å². The quantitative estimate of drug-likeness (QED) is 0.246. The van der Waals surface area contributed by atoms with Gasteiger partial charge < -0.3 is 37.2 Å². The predicted molar refractivity (Wildman–Crippen MR) is 112 cm³/mol. The number of carbonyl (C=O) groups excluding carboxylic acids is 2. The Hall–Kier alpha value is -3.43. The summed E-state index contributed by atoms with van der Waals surface area (Å²) in [6.07, 6.45) is 0. The molecule has 0 saturated heterocycles. The van der Waals surface area contributed by atoms with Crippen LogP contribution in [0.25, 0.3) is 11.3 Å². The number of nitrogens with zero attached hydrogens (tertiary/aromatic N) is 1. The molecule has 10 N–H and O–H groups in total. The summed E-state index contributed by atoms with van der Waals surface area (Å²) >= 11 is 1.06. The molecule has 0 radical (unpaired) electrons. The van der Waals surface area contributed by atoms with Crippen LogP contribution in [0.1, 0.15) is 0 Å². The molecule has 13 nitrogen and oxygen atoms in total. The van der Waals surface area contributed by atoms with Crippen LogP contribution in [0.5, 0.6) is 0 Å². The molecule has 2 amide bonds. The van der Waals surface area contributed by atoms with Crippen LogP contribution in [0.15, 0.2) is 29.6 Å². The van der Waals surface area contributed by atoms with Crippen LogP contribution in [0.4, 0.5) is 10.8 Å². The number of nitrogens with one attached hydrogen (secondary N) is 2. The molecule has 1 aromatic carbocycles. The van der Waals surface area contributed by atoms with Gasteiger partial charge in [-0.1, -0.05) is 12.1 Å². The third-order valence-electron chi connectivity index (χ3n) is 2.81. The van der Waals surface area contributed by atoms with E-state index in [1.807, 2.05) is 0 Å². The van der Waals surface area contributed by atoms with E-state index in [0.717, 1.165) is 11.3 Å². The lowest BCUT2D eigenvalue weighted by molar-refractivity contribution is -0.147. The fourth-order valence-corrected chi connectivity index (χ4v) is 2.24. The van der Waals surface area contributed by atoms with Gasteiger partial charge in [0, 0.05) is 29.7 Å². The fraction of sp³-hybridized carbons (Fsp3) is 0.235. The number of benzene rings is 1. The number of aromatic nitrogens is 1. The minimum Gasteiger partial charge on any atom is -0.474 e. The summed E-state index contributed by atoms with van der Waals surface area (Å²) < 4.78 is 0. The second-order valence-electron chi connectivity index (χ2n) is 5.16. The minimum absolute atomic E-state index is 0.0972. The molecule has 0 aliphatic rings. The predicted octanol–water partition coefficient (Wildman–Crippen LogP) is -1.27. The van der Waals surface area contributed by atoms with Gasteiger partial charge in [-0.15, -0.1) is 11.3 Å². The number of hydrogen-bond donors (Lipinski definition) is 8. The van der Waals surface area contributed by atoms with Gasteiger partial charge in [-0.3, -0.25) is 14.9 Å². The number of aliphatic hydroxyl groups is 2. The van der Waals surface area contributed by atoms with E-state index in [9.17, 15) is 19.2 Å². The second-order valence-corrected chi connectivity index (χ2v) is 6.02.